The maximum atomic E-state index is 11.7. The van der Waals surface area contributed by atoms with E-state index in [1.54, 1.807) is 0 Å². The van der Waals surface area contributed by atoms with Gasteiger partial charge in [-0.1, -0.05) is 33.6 Å². The van der Waals surface area contributed by atoms with E-state index in [0.29, 0.717) is 18.4 Å². The molecule has 0 bridgehead atoms. The van der Waals surface area contributed by atoms with Crippen LogP contribution in [0.4, 0.5) is 0 Å². The maximum Gasteiger partial charge on any atom is 0.309 e. The Labute approximate surface area is 110 Å². The van der Waals surface area contributed by atoms with Crippen LogP contribution in [0.1, 0.15) is 52.9 Å². The van der Waals surface area contributed by atoms with Gasteiger partial charge in [-0.05, 0) is 31.1 Å². The second-order valence-electron chi connectivity index (χ2n) is 5.78. The average molecular weight is 254 g/mol. The highest BCUT2D eigenvalue weighted by Crippen LogP contribution is 2.23. The normalized spacial score (nSPS) is 23.8. The lowest BCUT2D eigenvalue weighted by molar-refractivity contribution is -0.140. The molecule has 2 atom stereocenters. The van der Waals surface area contributed by atoms with Gasteiger partial charge >= 0.3 is 11.8 Å². The highest BCUT2D eigenvalue weighted by Gasteiger charge is 2.25. The SMILES string of the molecule is CC(C)CCNC(=O)C(=O)N[C@@H]1CCCC[C@H]1C. The van der Waals surface area contributed by atoms with Crippen molar-refractivity contribution in [1.29, 1.82) is 0 Å². The summed E-state index contributed by atoms with van der Waals surface area (Å²) in [5.41, 5.74) is 0. The number of nitrogens with one attached hydrogen (secondary N) is 2. The molecule has 0 heterocycles. The number of hydrogen-bond donors (Lipinski definition) is 2. The minimum Gasteiger partial charge on any atom is -0.348 e. The first kappa shape index (κ1) is 15.0. The molecule has 0 unspecified atom stereocenters. The van der Waals surface area contributed by atoms with E-state index >= 15 is 0 Å². The third-order valence-electron chi connectivity index (χ3n) is 3.64. The van der Waals surface area contributed by atoms with Gasteiger partial charge in [-0.25, -0.2) is 0 Å². The first-order chi connectivity index (χ1) is 8.50. The zero-order chi connectivity index (χ0) is 13.5. The van der Waals surface area contributed by atoms with Gasteiger partial charge in [-0.3, -0.25) is 9.59 Å². The summed E-state index contributed by atoms with van der Waals surface area (Å²) in [6.45, 7) is 6.90. The fourth-order valence-electron chi connectivity index (χ4n) is 2.32. The first-order valence-electron chi connectivity index (χ1n) is 7.09. The standard InChI is InChI=1S/C14H26N2O2/c1-10(2)8-9-15-13(17)14(18)16-12-7-5-4-6-11(12)3/h10-12H,4-9H2,1-3H3,(H,15,17)(H,16,18)/t11-,12-/m1/s1. The van der Waals surface area contributed by atoms with Crippen LogP contribution in [0.2, 0.25) is 0 Å². The quantitative estimate of drug-likeness (QED) is 0.752. The van der Waals surface area contributed by atoms with Gasteiger partial charge in [0, 0.05) is 12.6 Å². The molecule has 0 aromatic heterocycles. The summed E-state index contributed by atoms with van der Waals surface area (Å²) >= 11 is 0. The third-order valence-corrected chi connectivity index (χ3v) is 3.64. The minimum absolute atomic E-state index is 0.169. The fourth-order valence-corrected chi connectivity index (χ4v) is 2.32. The van der Waals surface area contributed by atoms with E-state index in [1.165, 1.54) is 6.42 Å². The average Bonchev–Trinajstić information content (AvgIpc) is 2.31. The molecule has 104 valence electrons. The monoisotopic (exact) mass is 254 g/mol. The maximum absolute atomic E-state index is 11.7. The largest absolute Gasteiger partial charge is 0.348 e. The molecule has 1 aliphatic carbocycles. The summed E-state index contributed by atoms with van der Waals surface area (Å²) in [5, 5.41) is 5.52. The molecule has 0 aliphatic heterocycles. The van der Waals surface area contributed by atoms with Gasteiger partial charge in [0.05, 0.1) is 0 Å². The zero-order valence-electron chi connectivity index (χ0n) is 11.8. The van der Waals surface area contributed by atoms with E-state index < -0.39 is 11.8 Å². The van der Waals surface area contributed by atoms with Gasteiger partial charge in [0.15, 0.2) is 0 Å². The van der Waals surface area contributed by atoms with Crippen LogP contribution in [-0.2, 0) is 9.59 Å². The van der Waals surface area contributed by atoms with Crippen molar-refractivity contribution < 1.29 is 9.59 Å². The zero-order valence-corrected chi connectivity index (χ0v) is 11.8. The summed E-state index contributed by atoms with van der Waals surface area (Å²) < 4.78 is 0. The molecule has 1 aliphatic rings. The van der Waals surface area contributed by atoms with Crippen LogP contribution < -0.4 is 10.6 Å². The lowest BCUT2D eigenvalue weighted by Gasteiger charge is -2.29. The smallest absolute Gasteiger partial charge is 0.309 e. The summed E-state index contributed by atoms with van der Waals surface area (Å²) in [5.74, 6) is 0.0452. The highest BCUT2D eigenvalue weighted by atomic mass is 16.2. The van der Waals surface area contributed by atoms with Crippen molar-refractivity contribution in [2.45, 2.75) is 58.9 Å². The number of amides is 2. The Kier molecular flexibility index (Phi) is 6.16. The van der Waals surface area contributed by atoms with Gasteiger partial charge in [-0.2, -0.15) is 0 Å². The van der Waals surface area contributed by atoms with Crippen molar-refractivity contribution in [2.24, 2.45) is 11.8 Å². The summed E-state index contributed by atoms with van der Waals surface area (Å²) in [7, 11) is 0. The topological polar surface area (TPSA) is 58.2 Å². The molecular formula is C14H26N2O2. The predicted octanol–water partition coefficient (Wildman–Crippen LogP) is 1.84. The Morgan fingerprint density at radius 3 is 2.44 bits per heavy atom. The molecule has 1 saturated carbocycles. The molecule has 0 spiro atoms. The van der Waals surface area contributed by atoms with Crippen molar-refractivity contribution in [1.82, 2.24) is 10.6 Å². The number of carbonyl (C=O) groups excluding carboxylic acids is 2. The lowest BCUT2D eigenvalue weighted by atomic mass is 9.86. The molecule has 4 heteroatoms. The molecule has 0 aromatic rings. The van der Waals surface area contributed by atoms with E-state index in [0.717, 1.165) is 25.7 Å². The third kappa shape index (κ3) is 5.07. The Hall–Kier alpha value is -1.06. The van der Waals surface area contributed by atoms with Crippen molar-refractivity contribution in [3.63, 3.8) is 0 Å². The Bertz CT molecular complexity index is 290. The molecular weight excluding hydrogens is 228 g/mol. The molecule has 2 N–H and O–H groups in total. The molecule has 18 heavy (non-hydrogen) atoms. The molecule has 0 radical (unpaired) electrons. The Morgan fingerprint density at radius 1 is 1.17 bits per heavy atom. The van der Waals surface area contributed by atoms with E-state index in [4.69, 9.17) is 0 Å². The van der Waals surface area contributed by atoms with Gasteiger partial charge in [0.1, 0.15) is 0 Å². The molecule has 1 fully saturated rings. The van der Waals surface area contributed by atoms with Crippen LogP contribution in [-0.4, -0.2) is 24.4 Å². The van der Waals surface area contributed by atoms with Crippen LogP contribution in [0.15, 0.2) is 0 Å². The fraction of sp³-hybridized carbons (Fsp3) is 0.857. The summed E-state index contributed by atoms with van der Waals surface area (Å²) in [4.78, 5) is 23.3. The second kappa shape index (κ2) is 7.39. The lowest BCUT2D eigenvalue weighted by Crippen LogP contribution is -2.47. The van der Waals surface area contributed by atoms with Gasteiger partial charge in [0.2, 0.25) is 0 Å². The Morgan fingerprint density at radius 2 is 1.83 bits per heavy atom. The number of rotatable bonds is 4. The van der Waals surface area contributed by atoms with Crippen LogP contribution in [0, 0.1) is 11.8 Å². The number of hydrogen-bond acceptors (Lipinski definition) is 2. The summed E-state index contributed by atoms with van der Waals surface area (Å²) in [6, 6.07) is 0.169. The molecule has 1 rings (SSSR count). The molecule has 4 nitrogen and oxygen atoms in total. The first-order valence-corrected chi connectivity index (χ1v) is 7.09. The van der Waals surface area contributed by atoms with E-state index in [-0.39, 0.29) is 6.04 Å². The minimum atomic E-state index is -0.492. The van der Waals surface area contributed by atoms with Crippen LogP contribution in [0.25, 0.3) is 0 Å². The van der Waals surface area contributed by atoms with E-state index in [9.17, 15) is 9.59 Å². The van der Waals surface area contributed by atoms with Crippen molar-refractivity contribution >= 4 is 11.8 Å². The predicted molar refractivity (Wildman–Crippen MR) is 72.0 cm³/mol. The van der Waals surface area contributed by atoms with Crippen LogP contribution in [0.3, 0.4) is 0 Å². The van der Waals surface area contributed by atoms with Gasteiger partial charge in [-0.15, -0.1) is 0 Å². The molecule has 0 aromatic carbocycles. The number of carbonyl (C=O) groups is 2. The Balaban J connectivity index is 2.28. The summed E-state index contributed by atoms with van der Waals surface area (Å²) in [6.07, 6.45) is 5.41. The molecule has 2 amide bonds. The van der Waals surface area contributed by atoms with E-state index in [2.05, 4.69) is 31.4 Å². The van der Waals surface area contributed by atoms with Crippen molar-refractivity contribution in [3.05, 3.63) is 0 Å². The van der Waals surface area contributed by atoms with Crippen LogP contribution >= 0.6 is 0 Å². The second-order valence-corrected chi connectivity index (χ2v) is 5.78. The van der Waals surface area contributed by atoms with Crippen molar-refractivity contribution in [2.75, 3.05) is 6.54 Å². The highest BCUT2D eigenvalue weighted by molar-refractivity contribution is 6.35. The van der Waals surface area contributed by atoms with E-state index in [1.807, 2.05) is 0 Å². The van der Waals surface area contributed by atoms with Crippen molar-refractivity contribution in [3.8, 4) is 0 Å². The van der Waals surface area contributed by atoms with Gasteiger partial charge in [0.25, 0.3) is 0 Å². The van der Waals surface area contributed by atoms with Gasteiger partial charge < -0.3 is 10.6 Å². The van der Waals surface area contributed by atoms with Crippen LogP contribution in [0.5, 0.6) is 0 Å². The molecule has 0 saturated heterocycles.